The molecule has 1 aromatic carbocycles. The summed E-state index contributed by atoms with van der Waals surface area (Å²) < 4.78 is 0. The summed E-state index contributed by atoms with van der Waals surface area (Å²) in [7, 11) is 0. The number of benzene rings is 1. The van der Waals surface area contributed by atoms with Crippen LogP contribution in [0.1, 0.15) is 39.2 Å². The fourth-order valence-electron chi connectivity index (χ4n) is 2.99. The number of anilines is 1. The van der Waals surface area contributed by atoms with Crippen molar-refractivity contribution in [1.82, 2.24) is 5.32 Å². The van der Waals surface area contributed by atoms with E-state index in [-0.39, 0.29) is 0 Å². The van der Waals surface area contributed by atoms with Crippen molar-refractivity contribution in [3.8, 4) is 0 Å². The van der Waals surface area contributed by atoms with Gasteiger partial charge in [0.15, 0.2) is 0 Å². The highest BCUT2D eigenvalue weighted by Crippen LogP contribution is 2.32. The highest BCUT2D eigenvalue weighted by Gasteiger charge is 2.34. The summed E-state index contributed by atoms with van der Waals surface area (Å²) in [5.41, 5.74) is 1.77. The van der Waals surface area contributed by atoms with Gasteiger partial charge in [-0.25, -0.2) is 0 Å². The summed E-state index contributed by atoms with van der Waals surface area (Å²) in [4.78, 5) is 13.9. The molecule has 0 spiro atoms. The third-order valence-electron chi connectivity index (χ3n) is 4.44. The van der Waals surface area contributed by atoms with Gasteiger partial charge in [-0.05, 0) is 51.3 Å². The number of carboxylic acids is 1. The highest BCUT2D eigenvalue weighted by molar-refractivity contribution is 5.78. The van der Waals surface area contributed by atoms with Crippen LogP contribution in [0.3, 0.4) is 0 Å². The fourth-order valence-corrected chi connectivity index (χ4v) is 2.99. The Hall–Kier alpha value is -1.55. The quantitative estimate of drug-likeness (QED) is 0.810. The van der Waals surface area contributed by atoms with Crippen LogP contribution in [-0.4, -0.2) is 35.7 Å². The second-order valence-corrected chi connectivity index (χ2v) is 6.19. The van der Waals surface area contributed by atoms with Crippen LogP contribution in [0.4, 0.5) is 5.69 Å². The molecule has 2 unspecified atom stereocenters. The van der Waals surface area contributed by atoms with Crippen LogP contribution in [0, 0.1) is 0 Å². The number of nitrogens with zero attached hydrogens (tertiary/aromatic N) is 1. The van der Waals surface area contributed by atoms with Crippen molar-refractivity contribution in [2.24, 2.45) is 0 Å². The topological polar surface area (TPSA) is 52.6 Å². The van der Waals surface area contributed by atoms with Gasteiger partial charge in [-0.2, -0.15) is 0 Å². The molecule has 0 fully saturated rings. The summed E-state index contributed by atoms with van der Waals surface area (Å²) >= 11 is 0. The maximum atomic E-state index is 11.6. The molecular weight excluding hydrogens is 264 g/mol. The van der Waals surface area contributed by atoms with E-state index in [4.69, 9.17) is 0 Å². The molecule has 116 valence electrons. The molecule has 0 radical (unpaired) electrons. The van der Waals surface area contributed by atoms with Crippen LogP contribution in [-0.2, 0) is 11.2 Å². The summed E-state index contributed by atoms with van der Waals surface area (Å²) in [6.45, 7) is 7.54. The molecule has 0 bridgehead atoms. The van der Waals surface area contributed by atoms with Crippen LogP contribution in [0.5, 0.6) is 0 Å². The van der Waals surface area contributed by atoms with Crippen LogP contribution in [0.15, 0.2) is 24.3 Å². The summed E-state index contributed by atoms with van der Waals surface area (Å²) in [6.07, 6.45) is 2.58. The SMILES string of the molecule is CCCNC(C)(CCN1c2ccccc2CC1C)C(=O)O. The average molecular weight is 290 g/mol. The Morgan fingerprint density at radius 3 is 2.86 bits per heavy atom. The first-order valence-corrected chi connectivity index (χ1v) is 7.81. The van der Waals surface area contributed by atoms with Gasteiger partial charge in [-0.15, -0.1) is 0 Å². The zero-order chi connectivity index (χ0) is 15.5. The maximum Gasteiger partial charge on any atom is 0.323 e. The first kappa shape index (κ1) is 15.8. The minimum Gasteiger partial charge on any atom is -0.480 e. The molecule has 1 aliphatic heterocycles. The van der Waals surface area contributed by atoms with E-state index in [1.165, 1.54) is 11.3 Å². The predicted molar refractivity (Wildman–Crippen MR) is 85.9 cm³/mol. The third kappa shape index (κ3) is 3.38. The van der Waals surface area contributed by atoms with E-state index < -0.39 is 11.5 Å². The van der Waals surface area contributed by atoms with E-state index in [0.29, 0.717) is 12.5 Å². The number of hydrogen-bond acceptors (Lipinski definition) is 3. The highest BCUT2D eigenvalue weighted by atomic mass is 16.4. The average Bonchev–Trinajstić information content (AvgIpc) is 2.78. The number of nitrogens with one attached hydrogen (secondary N) is 1. The minimum atomic E-state index is -0.854. The minimum absolute atomic E-state index is 0.437. The molecule has 0 saturated carbocycles. The number of fused-ring (bicyclic) bond motifs is 1. The normalized spacial score (nSPS) is 20.1. The zero-order valence-corrected chi connectivity index (χ0v) is 13.2. The molecule has 0 aliphatic carbocycles. The van der Waals surface area contributed by atoms with Crippen LogP contribution < -0.4 is 10.2 Å². The molecule has 2 N–H and O–H groups in total. The molecule has 1 aliphatic rings. The molecule has 4 heteroatoms. The second kappa shape index (κ2) is 6.48. The van der Waals surface area contributed by atoms with Gasteiger partial charge in [0.05, 0.1) is 0 Å². The second-order valence-electron chi connectivity index (χ2n) is 6.19. The van der Waals surface area contributed by atoms with Gasteiger partial charge >= 0.3 is 5.97 Å². The van der Waals surface area contributed by atoms with Crippen molar-refractivity contribution < 1.29 is 9.90 Å². The Balaban J connectivity index is 2.06. The monoisotopic (exact) mass is 290 g/mol. The van der Waals surface area contributed by atoms with E-state index in [2.05, 4.69) is 41.4 Å². The molecule has 0 saturated heterocycles. The smallest absolute Gasteiger partial charge is 0.323 e. The van der Waals surface area contributed by atoms with Crippen LogP contribution in [0.2, 0.25) is 0 Å². The Kier molecular flexibility index (Phi) is 4.88. The lowest BCUT2D eigenvalue weighted by Gasteiger charge is -2.31. The van der Waals surface area contributed by atoms with E-state index in [9.17, 15) is 9.90 Å². The standard InChI is InChI=1S/C17H26N2O2/c1-4-10-18-17(3,16(20)21)9-11-19-13(2)12-14-7-5-6-8-15(14)19/h5-8,13,18H,4,9-12H2,1-3H3,(H,20,21). The van der Waals surface area contributed by atoms with E-state index in [0.717, 1.165) is 25.9 Å². The van der Waals surface area contributed by atoms with E-state index >= 15 is 0 Å². The Labute approximate surface area is 127 Å². The zero-order valence-electron chi connectivity index (χ0n) is 13.2. The predicted octanol–water partition coefficient (Wildman–Crippen LogP) is 2.67. The van der Waals surface area contributed by atoms with Crippen molar-refractivity contribution in [2.75, 3.05) is 18.0 Å². The van der Waals surface area contributed by atoms with Crippen molar-refractivity contribution in [1.29, 1.82) is 0 Å². The van der Waals surface area contributed by atoms with Gasteiger partial charge in [-0.3, -0.25) is 4.79 Å². The molecule has 1 heterocycles. The Morgan fingerprint density at radius 1 is 1.48 bits per heavy atom. The summed E-state index contributed by atoms with van der Waals surface area (Å²) in [6, 6.07) is 8.86. The van der Waals surface area contributed by atoms with Crippen molar-refractivity contribution >= 4 is 11.7 Å². The van der Waals surface area contributed by atoms with Gasteiger partial charge in [0.25, 0.3) is 0 Å². The van der Waals surface area contributed by atoms with Crippen LogP contribution >= 0.6 is 0 Å². The van der Waals surface area contributed by atoms with Gasteiger partial charge in [0.2, 0.25) is 0 Å². The molecule has 4 nitrogen and oxygen atoms in total. The van der Waals surface area contributed by atoms with E-state index in [1.54, 1.807) is 6.92 Å². The van der Waals surface area contributed by atoms with Gasteiger partial charge in [0.1, 0.15) is 5.54 Å². The molecule has 2 atom stereocenters. The first-order chi connectivity index (χ1) is 9.98. The molecule has 0 amide bonds. The lowest BCUT2D eigenvalue weighted by Crippen LogP contribution is -2.52. The fraction of sp³-hybridized carbons (Fsp3) is 0.588. The third-order valence-corrected chi connectivity index (χ3v) is 4.44. The van der Waals surface area contributed by atoms with Crippen molar-refractivity contribution in [3.05, 3.63) is 29.8 Å². The lowest BCUT2D eigenvalue weighted by atomic mass is 9.97. The maximum absolute atomic E-state index is 11.6. The van der Waals surface area contributed by atoms with Gasteiger partial charge in [0, 0.05) is 18.3 Å². The lowest BCUT2D eigenvalue weighted by molar-refractivity contribution is -0.144. The number of carbonyl (C=O) groups is 1. The molecule has 21 heavy (non-hydrogen) atoms. The molecular formula is C17H26N2O2. The first-order valence-electron chi connectivity index (χ1n) is 7.81. The summed E-state index contributed by atoms with van der Waals surface area (Å²) in [5, 5.41) is 12.7. The molecule has 0 aromatic heterocycles. The largest absolute Gasteiger partial charge is 0.480 e. The number of hydrogen-bond donors (Lipinski definition) is 2. The van der Waals surface area contributed by atoms with Crippen molar-refractivity contribution in [3.63, 3.8) is 0 Å². The number of para-hydroxylation sites is 1. The van der Waals surface area contributed by atoms with Gasteiger partial charge < -0.3 is 15.3 Å². The number of carboxylic acid groups (broad SMARTS) is 1. The Bertz CT molecular complexity index is 503. The number of rotatable bonds is 7. The van der Waals surface area contributed by atoms with Crippen LogP contribution in [0.25, 0.3) is 0 Å². The van der Waals surface area contributed by atoms with E-state index in [1.807, 2.05) is 6.92 Å². The Morgan fingerprint density at radius 2 is 2.19 bits per heavy atom. The van der Waals surface area contributed by atoms with Gasteiger partial charge in [-0.1, -0.05) is 25.1 Å². The molecule has 2 rings (SSSR count). The number of aliphatic carboxylic acids is 1. The summed E-state index contributed by atoms with van der Waals surface area (Å²) in [5.74, 6) is -0.768. The van der Waals surface area contributed by atoms with Crippen molar-refractivity contribution in [2.45, 2.75) is 51.6 Å². The molecule has 1 aromatic rings.